The molecule has 1 aromatic heterocycles. The largest absolute Gasteiger partial charge is 0.489 e. The molecule has 2 aromatic carbocycles. The molecule has 2 heterocycles. The number of carbonyl (C=O) groups excluding carboxylic acids is 2. The Bertz CT molecular complexity index is 1110. The van der Waals surface area contributed by atoms with Gasteiger partial charge < -0.3 is 15.2 Å². The average molecular weight is 434 g/mol. The highest BCUT2D eigenvalue weighted by molar-refractivity contribution is 5.99. The molecule has 0 saturated carbocycles. The highest BCUT2D eigenvalue weighted by Crippen LogP contribution is 2.22. The predicted molar refractivity (Wildman–Crippen MR) is 121 cm³/mol. The number of fused-ring (bicyclic) bond motifs is 1. The van der Waals surface area contributed by atoms with Crippen LogP contribution in [0.5, 0.6) is 5.75 Å². The summed E-state index contributed by atoms with van der Waals surface area (Å²) in [5.41, 5.74) is 3.27. The fourth-order valence-corrected chi connectivity index (χ4v) is 3.93. The van der Waals surface area contributed by atoms with E-state index in [0.717, 1.165) is 41.5 Å². The first-order valence-electron chi connectivity index (χ1n) is 10.9. The van der Waals surface area contributed by atoms with Crippen molar-refractivity contribution in [2.24, 2.45) is 0 Å². The van der Waals surface area contributed by atoms with Crippen molar-refractivity contribution in [2.75, 3.05) is 6.54 Å². The van der Waals surface area contributed by atoms with Crippen LogP contribution in [0.1, 0.15) is 42.2 Å². The molecule has 0 bridgehead atoms. The standard InChI is InChI=1S/C25H27N3O4/c1-16-14-18(20-6-2-3-7-21(20)27-16)15-32-19-11-9-17(10-12-19)23(29)25(31)28-24(30)22-8-4-5-13-26-22/h2-3,6-7,9-12,14,22-23,26,29H,4-5,8,13,15H2,1H3,(H,28,30,31)/t22-,23?/m1/s1. The smallest absolute Gasteiger partial charge is 0.260 e. The van der Waals surface area contributed by atoms with E-state index in [1.54, 1.807) is 24.3 Å². The number of aliphatic hydroxyl groups excluding tert-OH is 1. The summed E-state index contributed by atoms with van der Waals surface area (Å²) in [6.07, 6.45) is 1.22. The van der Waals surface area contributed by atoms with Crippen LogP contribution in [0.4, 0.5) is 0 Å². The van der Waals surface area contributed by atoms with E-state index in [2.05, 4.69) is 15.6 Å². The lowest BCUT2D eigenvalue weighted by Crippen LogP contribution is -2.49. The van der Waals surface area contributed by atoms with Gasteiger partial charge in [-0.2, -0.15) is 0 Å². The van der Waals surface area contributed by atoms with Crippen molar-refractivity contribution in [3.8, 4) is 5.75 Å². The van der Waals surface area contributed by atoms with Gasteiger partial charge in [0.25, 0.3) is 5.91 Å². The SMILES string of the molecule is Cc1cc(COc2ccc(C(O)C(=O)NC(=O)[C@H]3CCCCN3)cc2)c2ccccc2n1. The summed E-state index contributed by atoms with van der Waals surface area (Å²) >= 11 is 0. The molecule has 0 spiro atoms. The van der Waals surface area contributed by atoms with Crippen molar-refractivity contribution >= 4 is 22.7 Å². The number of amides is 2. The molecule has 1 unspecified atom stereocenters. The van der Waals surface area contributed by atoms with Crippen LogP contribution in [-0.4, -0.2) is 34.5 Å². The molecular formula is C25H27N3O4. The van der Waals surface area contributed by atoms with Crippen LogP contribution in [0.3, 0.4) is 0 Å². The Labute approximate surface area is 186 Å². The number of aryl methyl sites for hydroxylation is 1. The third-order valence-corrected chi connectivity index (χ3v) is 5.64. The average Bonchev–Trinajstić information content (AvgIpc) is 2.82. The number of ether oxygens (including phenoxy) is 1. The van der Waals surface area contributed by atoms with Crippen molar-refractivity contribution in [1.29, 1.82) is 0 Å². The Kier molecular flexibility index (Phi) is 6.78. The van der Waals surface area contributed by atoms with Gasteiger partial charge in [0.2, 0.25) is 5.91 Å². The number of carbonyl (C=O) groups is 2. The van der Waals surface area contributed by atoms with Crippen LogP contribution in [0.2, 0.25) is 0 Å². The molecule has 2 atom stereocenters. The van der Waals surface area contributed by atoms with Crippen LogP contribution in [0.25, 0.3) is 10.9 Å². The van der Waals surface area contributed by atoms with Gasteiger partial charge in [-0.15, -0.1) is 0 Å². The Morgan fingerprint density at radius 3 is 2.72 bits per heavy atom. The molecule has 4 rings (SSSR count). The van der Waals surface area contributed by atoms with Gasteiger partial charge in [-0.25, -0.2) is 0 Å². The molecule has 166 valence electrons. The number of rotatable bonds is 6. The molecular weight excluding hydrogens is 406 g/mol. The number of aliphatic hydroxyl groups is 1. The van der Waals surface area contributed by atoms with Gasteiger partial charge in [-0.3, -0.25) is 19.9 Å². The molecule has 2 amide bonds. The highest BCUT2D eigenvalue weighted by Gasteiger charge is 2.25. The lowest BCUT2D eigenvalue weighted by molar-refractivity contribution is -0.137. The molecule has 1 aliphatic heterocycles. The Hall–Kier alpha value is -3.29. The number of hydrogen-bond acceptors (Lipinski definition) is 6. The fourth-order valence-electron chi connectivity index (χ4n) is 3.93. The molecule has 3 N–H and O–H groups in total. The van der Waals surface area contributed by atoms with Gasteiger partial charge >= 0.3 is 0 Å². The lowest BCUT2D eigenvalue weighted by Gasteiger charge is -2.22. The highest BCUT2D eigenvalue weighted by atomic mass is 16.5. The minimum absolute atomic E-state index is 0.370. The van der Waals surface area contributed by atoms with Crippen molar-refractivity contribution in [1.82, 2.24) is 15.6 Å². The molecule has 0 aliphatic carbocycles. The number of nitrogens with one attached hydrogen (secondary N) is 2. The van der Waals surface area contributed by atoms with E-state index in [9.17, 15) is 14.7 Å². The van der Waals surface area contributed by atoms with Gasteiger partial charge in [-0.1, -0.05) is 36.8 Å². The maximum absolute atomic E-state index is 12.3. The minimum atomic E-state index is -1.43. The summed E-state index contributed by atoms with van der Waals surface area (Å²) in [4.78, 5) is 29.0. The zero-order chi connectivity index (χ0) is 22.5. The Morgan fingerprint density at radius 2 is 1.97 bits per heavy atom. The number of piperidine rings is 1. The Balaban J connectivity index is 1.37. The second-order valence-corrected chi connectivity index (χ2v) is 8.06. The van der Waals surface area contributed by atoms with Crippen LogP contribution in [-0.2, 0) is 16.2 Å². The molecule has 3 aromatic rings. The second kappa shape index (κ2) is 9.89. The minimum Gasteiger partial charge on any atom is -0.489 e. The van der Waals surface area contributed by atoms with Crippen molar-refractivity contribution < 1.29 is 19.4 Å². The van der Waals surface area contributed by atoms with Gasteiger partial charge in [-0.05, 0) is 56.1 Å². The number of imide groups is 1. The molecule has 1 fully saturated rings. The molecule has 7 heteroatoms. The maximum Gasteiger partial charge on any atom is 0.260 e. The van der Waals surface area contributed by atoms with E-state index in [0.29, 0.717) is 24.3 Å². The molecule has 1 aliphatic rings. The normalized spacial score (nSPS) is 17.0. The van der Waals surface area contributed by atoms with Crippen LogP contribution < -0.4 is 15.4 Å². The first-order valence-corrected chi connectivity index (χ1v) is 10.9. The molecule has 1 saturated heterocycles. The summed E-state index contributed by atoms with van der Waals surface area (Å²) in [5, 5.41) is 16.8. The Morgan fingerprint density at radius 1 is 1.19 bits per heavy atom. The van der Waals surface area contributed by atoms with Gasteiger partial charge in [0, 0.05) is 16.6 Å². The van der Waals surface area contributed by atoms with E-state index in [1.807, 2.05) is 37.3 Å². The van der Waals surface area contributed by atoms with E-state index in [-0.39, 0.29) is 6.04 Å². The number of aromatic nitrogens is 1. The summed E-state index contributed by atoms with van der Waals surface area (Å²) in [6.45, 7) is 3.08. The van der Waals surface area contributed by atoms with Crippen molar-refractivity contribution in [3.63, 3.8) is 0 Å². The van der Waals surface area contributed by atoms with Crippen LogP contribution in [0.15, 0.2) is 54.6 Å². The summed E-state index contributed by atoms with van der Waals surface area (Å²) in [6, 6.07) is 16.2. The van der Waals surface area contributed by atoms with Gasteiger partial charge in [0.05, 0.1) is 11.6 Å². The monoisotopic (exact) mass is 433 g/mol. The van der Waals surface area contributed by atoms with Crippen molar-refractivity contribution in [3.05, 3.63) is 71.4 Å². The van der Waals surface area contributed by atoms with E-state index < -0.39 is 17.9 Å². The van der Waals surface area contributed by atoms with E-state index in [1.165, 1.54) is 0 Å². The summed E-state index contributed by atoms with van der Waals surface area (Å²) in [7, 11) is 0. The van der Waals surface area contributed by atoms with Crippen molar-refractivity contribution in [2.45, 2.75) is 44.9 Å². The number of benzene rings is 2. The third kappa shape index (κ3) is 5.12. The fraction of sp³-hybridized carbons (Fsp3) is 0.320. The van der Waals surface area contributed by atoms with E-state index in [4.69, 9.17) is 4.74 Å². The zero-order valence-electron chi connectivity index (χ0n) is 18.0. The first-order chi connectivity index (χ1) is 15.5. The molecule has 0 radical (unpaired) electrons. The topological polar surface area (TPSA) is 101 Å². The van der Waals surface area contributed by atoms with Crippen LogP contribution in [0, 0.1) is 6.92 Å². The molecule has 7 nitrogen and oxygen atoms in total. The maximum atomic E-state index is 12.3. The number of hydrogen-bond donors (Lipinski definition) is 3. The summed E-state index contributed by atoms with van der Waals surface area (Å²) in [5.74, 6) is -0.509. The van der Waals surface area contributed by atoms with Crippen LogP contribution >= 0.6 is 0 Å². The van der Waals surface area contributed by atoms with E-state index >= 15 is 0 Å². The second-order valence-electron chi connectivity index (χ2n) is 8.06. The third-order valence-electron chi connectivity index (χ3n) is 5.64. The van der Waals surface area contributed by atoms with Gasteiger partial charge in [0.15, 0.2) is 6.10 Å². The number of pyridine rings is 1. The molecule has 32 heavy (non-hydrogen) atoms. The number of para-hydroxylation sites is 1. The zero-order valence-corrected chi connectivity index (χ0v) is 18.0. The summed E-state index contributed by atoms with van der Waals surface area (Å²) < 4.78 is 5.92. The lowest BCUT2D eigenvalue weighted by atomic mass is 10.0. The predicted octanol–water partition coefficient (Wildman–Crippen LogP) is 2.94. The first kappa shape index (κ1) is 21.9. The van der Waals surface area contributed by atoms with Gasteiger partial charge in [0.1, 0.15) is 12.4 Å². The quantitative estimate of drug-likeness (QED) is 0.553. The number of nitrogens with zero attached hydrogens (tertiary/aromatic N) is 1.